The zero-order valence-corrected chi connectivity index (χ0v) is 15.0. The van der Waals surface area contributed by atoms with Gasteiger partial charge < -0.3 is 20.3 Å². The van der Waals surface area contributed by atoms with E-state index in [-0.39, 0.29) is 6.09 Å². The molecule has 134 valence electrons. The maximum atomic E-state index is 12.0. The molecule has 1 amide bonds. The number of aromatic nitrogens is 2. The van der Waals surface area contributed by atoms with Gasteiger partial charge in [-0.1, -0.05) is 0 Å². The van der Waals surface area contributed by atoms with Crippen LogP contribution in [0.2, 0.25) is 0 Å². The number of ether oxygens (including phenoxy) is 1. The van der Waals surface area contributed by atoms with Gasteiger partial charge in [0.25, 0.3) is 0 Å². The molecule has 0 saturated carbocycles. The minimum Gasteiger partial charge on any atom is -0.444 e. The molecule has 2 heterocycles. The monoisotopic (exact) mass is 336 g/mol. The summed E-state index contributed by atoms with van der Waals surface area (Å²) in [5, 5.41) is 4.22. The van der Waals surface area contributed by atoms with Crippen LogP contribution in [0.4, 0.5) is 4.79 Å². The molecule has 0 unspecified atom stereocenters. The summed E-state index contributed by atoms with van der Waals surface area (Å²) >= 11 is 0. The minimum absolute atomic E-state index is 0.272. The average Bonchev–Trinajstić information content (AvgIpc) is 2.91. The van der Waals surface area contributed by atoms with Gasteiger partial charge in [0.05, 0.1) is 19.3 Å². The number of aryl methyl sites for hydroxylation is 1. The Labute approximate surface area is 143 Å². The number of nitrogens with zero attached hydrogens (tertiary/aromatic N) is 5. The lowest BCUT2D eigenvalue weighted by atomic mass is 10.2. The maximum absolute atomic E-state index is 12.0. The molecule has 1 aliphatic heterocycles. The largest absolute Gasteiger partial charge is 0.444 e. The SMILES string of the molecule is Cc1cnn(CCN=C(N)N2CCN(C(=O)OC(C)(C)C)CC2)c1. The second kappa shape index (κ2) is 7.55. The quantitative estimate of drug-likeness (QED) is 0.658. The number of rotatable bonds is 3. The van der Waals surface area contributed by atoms with Gasteiger partial charge in [0.1, 0.15) is 5.60 Å². The molecule has 2 rings (SSSR count). The van der Waals surface area contributed by atoms with Gasteiger partial charge in [-0.2, -0.15) is 5.10 Å². The van der Waals surface area contributed by atoms with E-state index in [4.69, 9.17) is 10.5 Å². The molecule has 0 bridgehead atoms. The van der Waals surface area contributed by atoms with E-state index >= 15 is 0 Å². The van der Waals surface area contributed by atoms with Crippen LogP contribution >= 0.6 is 0 Å². The third-order valence-corrected chi connectivity index (χ3v) is 3.62. The van der Waals surface area contributed by atoms with Crippen LogP contribution < -0.4 is 5.73 Å². The summed E-state index contributed by atoms with van der Waals surface area (Å²) in [6.45, 7) is 11.4. The van der Waals surface area contributed by atoms with Crippen molar-refractivity contribution >= 4 is 12.1 Å². The highest BCUT2D eigenvalue weighted by atomic mass is 16.6. The summed E-state index contributed by atoms with van der Waals surface area (Å²) in [6, 6.07) is 0. The number of guanidine groups is 1. The summed E-state index contributed by atoms with van der Waals surface area (Å²) in [5.41, 5.74) is 6.71. The van der Waals surface area contributed by atoms with Gasteiger partial charge in [0, 0.05) is 32.4 Å². The van der Waals surface area contributed by atoms with Crippen LogP contribution in [0.25, 0.3) is 0 Å². The number of carbonyl (C=O) groups is 1. The third kappa shape index (κ3) is 5.43. The highest BCUT2D eigenvalue weighted by Gasteiger charge is 2.26. The Morgan fingerprint density at radius 2 is 1.92 bits per heavy atom. The van der Waals surface area contributed by atoms with Crippen molar-refractivity contribution < 1.29 is 9.53 Å². The molecule has 1 aliphatic rings. The zero-order chi connectivity index (χ0) is 17.7. The lowest BCUT2D eigenvalue weighted by Crippen LogP contribution is -2.53. The summed E-state index contributed by atoms with van der Waals surface area (Å²) < 4.78 is 7.24. The highest BCUT2D eigenvalue weighted by molar-refractivity contribution is 5.78. The molecule has 0 aromatic carbocycles. The Hall–Kier alpha value is -2.25. The van der Waals surface area contributed by atoms with Crippen molar-refractivity contribution in [3.05, 3.63) is 18.0 Å². The van der Waals surface area contributed by atoms with Gasteiger partial charge >= 0.3 is 6.09 Å². The first-order chi connectivity index (χ1) is 11.2. The van der Waals surface area contributed by atoms with E-state index in [2.05, 4.69) is 10.1 Å². The molecule has 1 aromatic heterocycles. The fourth-order valence-corrected chi connectivity index (χ4v) is 2.40. The zero-order valence-electron chi connectivity index (χ0n) is 15.0. The van der Waals surface area contributed by atoms with Crippen LogP contribution in [0, 0.1) is 6.92 Å². The van der Waals surface area contributed by atoms with Crippen molar-refractivity contribution in [1.82, 2.24) is 19.6 Å². The van der Waals surface area contributed by atoms with Crippen molar-refractivity contribution in [1.29, 1.82) is 0 Å². The Bertz CT molecular complexity index is 582. The van der Waals surface area contributed by atoms with Crippen molar-refractivity contribution in [2.24, 2.45) is 10.7 Å². The second-order valence-corrected chi connectivity index (χ2v) is 6.98. The molecule has 1 aromatic rings. The van der Waals surface area contributed by atoms with Crippen LogP contribution in [0.5, 0.6) is 0 Å². The minimum atomic E-state index is -0.473. The smallest absolute Gasteiger partial charge is 0.410 e. The molecule has 1 saturated heterocycles. The summed E-state index contributed by atoms with van der Waals surface area (Å²) in [7, 11) is 0. The van der Waals surface area contributed by atoms with Gasteiger partial charge in [-0.05, 0) is 33.3 Å². The van der Waals surface area contributed by atoms with E-state index < -0.39 is 5.60 Å². The molecule has 8 nitrogen and oxygen atoms in total. The number of hydrogen-bond acceptors (Lipinski definition) is 4. The number of aliphatic imine (C=N–C) groups is 1. The topological polar surface area (TPSA) is 89.0 Å². The molecule has 2 N–H and O–H groups in total. The lowest BCUT2D eigenvalue weighted by Gasteiger charge is -2.36. The predicted octanol–water partition coefficient (Wildman–Crippen LogP) is 1.06. The molecule has 1 fully saturated rings. The van der Waals surface area contributed by atoms with Crippen molar-refractivity contribution in [3.8, 4) is 0 Å². The van der Waals surface area contributed by atoms with Crippen LogP contribution in [-0.4, -0.2) is 70.0 Å². The van der Waals surface area contributed by atoms with Gasteiger partial charge in [-0.15, -0.1) is 0 Å². The molecule has 0 aliphatic carbocycles. The standard InChI is InChI=1S/C16H28N6O2/c1-13-11-19-22(12-13)6-5-18-14(17)20-7-9-21(10-8-20)15(23)24-16(2,3)4/h11-12H,5-10H2,1-4H3,(H2,17,18). The van der Waals surface area contributed by atoms with Crippen molar-refractivity contribution in [3.63, 3.8) is 0 Å². The number of nitrogens with two attached hydrogens (primary N) is 1. The van der Waals surface area contributed by atoms with E-state index in [1.807, 2.05) is 49.7 Å². The molecular weight excluding hydrogens is 308 g/mol. The van der Waals surface area contributed by atoms with E-state index in [1.54, 1.807) is 4.90 Å². The van der Waals surface area contributed by atoms with Crippen LogP contribution in [-0.2, 0) is 11.3 Å². The number of carbonyl (C=O) groups excluding carboxylic acids is 1. The second-order valence-electron chi connectivity index (χ2n) is 6.98. The van der Waals surface area contributed by atoms with Gasteiger partial charge in [-0.25, -0.2) is 4.79 Å². The lowest BCUT2D eigenvalue weighted by molar-refractivity contribution is 0.0186. The van der Waals surface area contributed by atoms with E-state index in [9.17, 15) is 4.79 Å². The fraction of sp³-hybridized carbons (Fsp3) is 0.688. The van der Waals surface area contributed by atoms with Crippen molar-refractivity contribution in [2.45, 2.75) is 39.8 Å². The molecule has 0 atom stereocenters. The normalized spacial score (nSPS) is 16.4. The first-order valence-electron chi connectivity index (χ1n) is 8.26. The summed E-state index contributed by atoms with van der Waals surface area (Å²) in [5.74, 6) is 0.516. The molecule has 0 radical (unpaired) electrons. The fourth-order valence-electron chi connectivity index (χ4n) is 2.40. The van der Waals surface area contributed by atoms with E-state index in [1.165, 1.54) is 0 Å². The van der Waals surface area contributed by atoms with Crippen molar-refractivity contribution in [2.75, 3.05) is 32.7 Å². The Morgan fingerprint density at radius 3 is 2.46 bits per heavy atom. The first-order valence-corrected chi connectivity index (χ1v) is 8.26. The van der Waals surface area contributed by atoms with Gasteiger partial charge in [-0.3, -0.25) is 9.67 Å². The maximum Gasteiger partial charge on any atom is 0.410 e. The van der Waals surface area contributed by atoms with Gasteiger partial charge in [0.15, 0.2) is 5.96 Å². The van der Waals surface area contributed by atoms with E-state index in [0.717, 1.165) is 5.56 Å². The summed E-state index contributed by atoms with van der Waals surface area (Å²) in [6.07, 6.45) is 3.53. The molecule has 8 heteroatoms. The molecule has 0 spiro atoms. The Morgan fingerprint density at radius 1 is 1.29 bits per heavy atom. The van der Waals surface area contributed by atoms with Crippen LogP contribution in [0.1, 0.15) is 26.3 Å². The number of piperazine rings is 1. The van der Waals surface area contributed by atoms with Crippen LogP contribution in [0.3, 0.4) is 0 Å². The molecule has 24 heavy (non-hydrogen) atoms. The average molecular weight is 336 g/mol. The number of hydrogen-bond donors (Lipinski definition) is 1. The number of amides is 1. The van der Waals surface area contributed by atoms with Crippen LogP contribution in [0.15, 0.2) is 17.4 Å². The summed E-state index contributed by atoms with van der Waals surface area (Å²) in [4.78, 5) is 20.1. The molecular formula is C16H28N6O2. The van der Waals surface area contributed by atoms with Gasteiger partial charge in [0.2, 0.25) is 0 Å². The highest BCUT2D eigenvalue weighted by Crippen LogP contribution is 2.11. The predicted molar refractivity (Wildman–Crippen MR) is 92.8 cm³/mol. The first kappa shape index (κ1) is 18.1. The van der Waals surface area contributed by atoms with E-state index in [0.29, 0.717) is 45.2 Å². The third-order valence-electron chi connectivity index (χ3n) is 3.62. The Kier molecular flexibility index (Phi) is 5.69. The Balaban J connectivity index is 1.76.